The molecule has 1 atom stereocenters. The minimum absolute atomic E-state index is 0.403. The highest BCUT2D eigenvalue weighted by molar-refractivity contribution is 7.14. The first-order chi connectivity index (χ1) is 13.4. The van der Waals surface area contributed by atoms with E-state index in [0.29, 0.717) is 10.7 Å². The third-order valence-corrected chi connectivity index (χ3v) is 6.03. The van der Waals surface area contributed by atoms with Crippen LogP contribution in [0.4, 0.5) is 5.13 Å². The first kappa shape index (κ1) is 20.2. The average molecular weight is 415 g/mol. The number of thiophene rings is 1. The van der Waals surface area contributed by atoms with Crippen LogP contribution in [-0.2, 0) is 16.0 Å². The maximum Gasteiger partial charge on any atom is 0.340 e. The highest BCUT2D eigenvalue weighted by atomic mass is 32.1. The predicted molar refractivity (Wildman–Crippen MR) is 114 cm³/mol. The lowest BCUT2D eigenvalue weighted by atomic mass is 10.1. The second kappa shape index (κ2) is 8.67. The normalized spacial score (nSPS) is 11.9. The number of carbonyl (C=O) groups is 2. The number of aromatic nitrogens is 1. The number of nitrogens with one attached hydrogen (secondary N) is 1. The summed E-state index contributed by atoms with van der Waals surface area (Å²) in [5.74, 6) is -0.888. The van der Waals surface area contributed by atoms with Gasteiger partial charge >= 0.3 is 5.97 Å². The number of anilines is 1. The Morgan fingerprint density at radius 3 is 2.54 bits per heavy atom. The zero-order valence-corrected chi connectivity index (χ0v) is 17.9. The van der Waals surface area contributed by atoms with E-state index in [9.17, 15) is 9.59 Å². The van der Waals surface area contributed by atoms with Crippen molar-refractivity contribution >= 4 is 39.7 Å². The molecule has 0 saturated heterocycles. The van der Waals surface area contributed by atoms with E-state index in [1.807, 2.05) is 31.4 Å². The number of rotatable bonds is 6. The van der Waals surface area contributed by atoms with Crippen molar-refractivity contribution in [1.82, 2.24) is 4.98 Å². The Hall–Kier alpha value is -2.51. The van der Waals surface area contributed by atoms with Crippen LogP contribution in [0.1, 0.15) is 39.5 Å². The lowest BCUT2D eigenvalue weighted by Crippen LogP contribution is -2.30. The maximum atomic E-state index is 12.4. The van der Waals surface area contributed by atoms with Gasteiger partial charge in [-0.15, -0.1) is 22.7 Å². The number of ether oxygens (including phenoxy) is 1. The van der Waals surface area contributed by atoms with Gasteiger partial charge in [-0.2, -0.15) is 0 Å². The highest BCUT2D eigenvalue weighted by Crippen LogP contribution is 2.26. The molecule has 1 amide bonds. The fourth-order valence-corrected chi connectivity index (χ4v) is 4.33. The van der Waals surface area contributed by atoms with Crippen molar-refractivity contribution in [2.24, 2.45) is 0 Å². The number of carbonyl (C=O) groups excluding carboxylic acids is 2. The number of hydrogen-bond acceptors (Lipinski definition) is 6. The van der Waals surface area contributed by atoms with Gasteiger partial charge in [-0.1, -0.05) is 31.2 Å². The SMILES string of the molecule is CCc1ccc(-c2csc(NC(=O)[C@@H](C)OC(=O)c3cc(C)sc3C)n2)cc1. The lowest BCUT2D eigenvalue weighted by Gasteiger charge is -2.12. The minimum Gasteiger partial charge on any atom is -0.449 e. The molecular formula is C21H22N2O3S2. The highest BCUT2D eigenvalue weighted by Gasteiger charge is 2.22. The zero-order valence-electron chi connectivity index (χ0n) is 16.2. The van der Waals surface area contributed by atoms with Crippen LogP contribution in [0, 0.1) is 13.8 Å². The number of hydrogen-bond donors (Lipinski definition) is 1. The van der Waals surface area contributed by atoms with Crippen molar-refractivity contribution in [1.29, 1.82) is 0 Å². The Labute approximate surface area is 172 Å². The number of esters is 1. The Kier molecular flexibility index (Phi) is 6.26. The van der Waals surface area contributed by atoms with Gasteiger partial charge in [0.1, 0.15) is 0 Å². The Morgan fingerprint density at radius 2 is 1.93 bits per heavy atom. The molecule has 3 aromatic rings. The van der Waals surface area contributed by atoms with Crippen LogP contribution in [-0.4, -0.2) is 23.0 Å². The summed E-state index contributed by atoms with van der Waals surface area (Å²) in [5, 5.41) is 5.10. The van der Waals surface area contributed by atoms with E-state index in [1.165, 1.54) is 28.2 Å². The van der Waals surface area contributed by atoms with Crippen molar-refractivity contribution in [2.75, 3.05) is 5.32 Å². The van der Waals surface area contributed by atoms with E-state index in [4.69, 9.17) is 4.74 Å². The zero-order chi connectivity index (χ0) is 20.3. The molecule has 2 aromatic heterocycles. The molecule has 1 aromatic carbocycles. The Balaban J connectivity index is 1.61. The van der Waals surface area contributed by atoms with E-state index in [2.05, 4.69) is 29.4 Å². The van der Waals surface area contributed by atoms with E-state index in [0.717, 1.165) is 27.4 Å². The van der Waals surface area contributed by atoms with Gasteiger partial charge in [0.25, 0.3) is 5.91 Å². The summed E-state index contributed by atoms with van der Waals surface area (Å²) >= 11 is 2.87. The fraction of sp³-hybridized carbons (Fsp3) is 0.286. The van der Waals surface area contributed by atoms with Gasteiger partial charge in [-0.3, -0.25) is 10.1 Å². The number of benzene rings is 1. The predicted octanol–water partition coefficient (Wildman–Crippen LogP) is 5.23. The van der Waals surface area contributed by atoms with Crippen molar-refractivity contribution < 1.29 is 14.3 Å². The molecule has 3 rings (SSSR count). The molecular weight excluding hydrogens is 392 g/mol. The fourth-order valence-electron chi connectivity index (χ4n) is 2.69. The Bertz CT molecular complexity index is 990. The standard InChI is InChI=1S/C21H22N2O3S2/c1-5-15-6-8-16(9-7-15)18-11-27-21(22-18)23-19(24)13(3)26-20(25)17-10-12(2)28-14(17)4/h6-11,13H,5H2,1-4H3,(H,22,23,24)/t13-/m1/s1. The van der Waals surface area contributed by atoms with Gasteiger partial charge in [0.15, 0.2) is 11.2 Å². The van der Waals surface area contributed by atoms with E-state index in [-0.39, 0.29) is 0 Å². The summed E-state index contributed by atoms with van der Waals surface area (Å²) in [7, 11) is 0. The monoisotopic (exact) mass is 414 g/mol. The molecule has 0 radical (unpaired) electrons. The summed E-state index contributed by atoms with van der Waals surface area (Å²) in [6.45, 7) is 7.46. The van der Waals surface area contributed by atoms with Crippen LogP contribution < -0.4 is 5.32 Å². The van der Waals surface area contributed by atoms with E-state index >= 15 is 0 Å². The summed E-state index contributed by atoms with van der Waals surface area (Å²) in [5.41, 5.74) is 3.57. The molecule has 0 aliphatic heterocycles. The van der Waals surface area contributed by atoms with Crippen LogP contribution >= 0.6 is 22.7 Å². The summed E-state index contributed by atoms with van der Waals surface area (Å²) in [4.78, 5) is 31.0. The second-order valence-electron chi connectivity index (χ2n) is 6.45. The molecule has 0 aliphatic carbocycles. The molecule has 1 N–H and O–H groups in total. The largest absolute Gasteiger partial charge is 0.449 e. The number of amides is 1. The van der Waals surface area contributed by atoms with Crippen molar-refractivity contribution in [3.63, 3.8) is 0 Å². The van der Waals surface area contributed by atoms with Crippen molar-refractivity contribution in [3.8, 4) is 11.3 Å². The van der Waals surface area contributed by atoms with Crippen molar-refractivity contribution in [3.05, 3.63) is 56.6 Å². The van der Waals surface area contributed by atoms with Crippen molar-refractivity contribution in [2.45, 2.75) is 40.2 Å². The minimum atomic E-state index is -0.914. The second-order valence-corrected chi connectivity index (χ2v) is 8.77. The maximum absolute atomic E-state index is 12.4. The summed E-state index contributed by atoms with van der Waals surface area (Å²) < 4.78 is 5.31. The quantitative estimate of drug-likeness (QED) is 0.561. The van der Waals surface area contributed by atoms with Crippen LogP contribution in [0.3, 0.4) is 0 Å². The molecule has 0 bridgehead atoms. The van der Waals surface area contributed by atoms with Crippen LogP contribution in [0.5, 0.6) is 0 Å². The summed E-state index contributed by atoms with van der Waals surface area (Å²) in [6, 6.07) is 9.97. The molecule has 2 heterocycles. The third kappa shape index (κ3) is 4.66. The molecule has 0 saturated carbocycles. The van der Waals surface area contributed by atoms with Gasteiger partial charge in [0.2, 0.25) is 0 Å². The molecule has 7 heteroatoms. The Morgan fingerprint density at radius 1 is 1.21 bits per heavy atom. The van der Waals surface area contributed by atoms with E-state index in [1.54, 1.807) is 13.0 Å². The van der Waals surface area contributed by atoms with Gasteiger partial charge in [-0.05, 0) is 38.8 Å². The molecule has 0 unspecified atom stereocenters. The first-order valence-corrected chi connectivity index (χ1v) is 10.7. The van der Waals surface area contributed by atoms with Gasteiger partial charge in [-0.25, -0.2) is 9.78 Å². The van der Waals surface area contributed by atoms with Crippen LogP contribution in [0.15, 0.2) is 35.7 Å². The molecule has 5 nitrogen and oxygen atoms in total. The molecule has 0 fully saturated rings. The number of thiazole rings is 1. The third-order valence-electron chi connectivity index (χ3n) is 4.31. The molecule has 0 spiro atoms. The smallest absolute Gasteiger partial charge is 0.340 e. The average Bonchev–Trinajstić information content (AvgIpc) is 3.27. The number of aryl methyl sites for hydroxylation is 3. The molecule has 28 heavy (non-hydrogen) atoms. The van der Waals surface area contributed by atoms with Gasteiger partial charge in [0.05, 0.1) is 11.3 Å². The molecule has 0 aliphatic rings. The van der Waals surface area contributed by atoms with E-state index < -0.39 is 18.0 Å². The number of nitrogens with zero attached hydrogens (tertiary/aromatic N) is 1. The molecule has 146 valence electrons. The van der Waals surface area contributed by atoms with Crippen LogP contribution in [0.25, 0.3) is 11.3 Å². The first-order valence-electron chi connectivity index (χ1n) is 9.01. The van der Waals surface area contributed by atoms with Crippen LogP contribution in [0.2, 0.25) is 0 Å². The topological polar surface area (TPSA) is 68.3 Å². The lowest BCUT2D eigenvalue weighted by molar-refractivity contribution is -0.123. The van der Waals surface area contributed by atoms with Gasteiger partial charge in [0, 0.05) is 20.7 Å². The summed E-state index contributed by atoms with van der Waals surface area (Å²) in [6.07, 6.45) is 0.0722. The van der Waals surface area contributed by atoms with Gasteiger partial charge < -0.3 is 4.74 Å².